The lowest BCUT2D eigenvalue weighted by molar-refractivity contribution is -0.211. The molecule has 0 aromatic heterocycles. The molecule has 222 valence electrons. The van der Waals surface area contributed by atoms with Crippen LogP contribution in [0.4, 0.5) is 0 Å². The van der Waals surface area contributed by atoms with Crippen LogP contribution in [0.3, 0.4) is 0 Å². The molecular weight excluding hydrogens is 504 g/mol. The summed E-state index contributed by atoms with van der Waals surface area (Å²) in [5, 5.41) is 19.0. The summed E-state index contributed by atoms with van der Waals surface area (Å²) in [7, 11) is 0. The number of aliphatic carboxylic acids is 2. The quantitative estimate of drug-likeness (QED) is 0.213. The van der Waals surface area contributed by atoms with E-state index in [-0.39, 0.29) is 33.2 Å². The van der Waals surface area contributed by atoms with E-state index in [4.69, 9.17) is 9.84 Å². The molecule has 6 heteroatoms. The van der Waals surface area contributed by atoms with E-state index >= 15 is 0 Å². The van der Waals surface area contributed by atoms with Gasteiger partial charge in [0.2, 0.25) is 0 Å². The van der Waals surface area contributed by atoms with Crippen molar-refractivity contribution in [1.82, 2.24) is 0 Å². The smallest absolute Gasteiger partial charge is 0.331 e. The third-order valence-electron chi connectivity index (χ3n) is 13.9. The Morgan fingerprint density at radius 1 is 0.850 bits per heavy atom. The molecule has 0 spiro atoms. The molecule has 5 aliphatic carbocycles. The van der Waals surface area contributed by atoms with Crippen LogP contribution in [0, 0.1) is 50.2 Å². The van der Waals surface area contributed by atoms with Crippen molar-refractivity contribution >= 4 is 17.9 Å². The van der Waals surface area contributed by atoms with Crippen LogP contribution >= 0.6 is 0 Å². The predicted octanol–water partition coefficient (Wildman–Crippen LogP) is 7.43. The van der Waals surface area contributed by atoms with Crippen molar-refractivity contribution in [3.63, 3.8) is 0 Å². The minimum absolute atomic E-state index is 0.0555. The minimum atomic E-state index is -1.15. The Hall–Kier alpha value is -2.11. The molecule has 4 fully saturated rings. The van der Waals surface area contributed by atoms with E-state index in [0.29, 0.717) is 17.8 Å². The van der Waals surface area contributed by atoms with Gasteiger partial charge in [-0.15, -0.1) is 0 Å². The van der Waals surface area contributed by atoms with Crippen molar-refractivity contribution in [2.75, 3.05) is 0 Å². The van der Waals surface area contributed by atoms with Gasteiger partial charge in [-0.3, -0.25) is 4.79 Å². The summed E-state index contributed by atoms with van der Waals surface area (Å²) in [5.74, 6) is -1.14. The fourth-order valence-corrected chi connectivity index (χ4v) is 11.1. The largest absolute Gasteiger partial charge is 0.481 e. The van der Waals surface area contributed by atoms with Crippen LogP contribution in [0.25, 0.3) is 0 Å². The lowest BCUT2D eigenvalue weighted by Gasteiger charge is -2.71. The maximum absolute atomic E-state index is 12.4. The molecule has 0 bridgehead atoms. The van der Waals surface area contributed by atoms with Gasteiger partial charge in [-0.1, -0.05) is 53.2 Å². The average Bonchev–Trinajstić information content (AvgIpc) is 2.86. The molecule has 9 atom stereocenters. The molecule has 2 N–H and O–H groups in total. The number of allylic oxidation sites excluding steroid dienone is 2. The van der Waals surface area contributed by atoms with E-state index in [1.165, 1.54) is 6.42 Å². The first-order valence-electron chi connectivity index (χ1n) is 15.5. The van der Waals surface area contributed by atoms with E-state index in [1.54, 1.807) is 5.57 Å². The highest BCUT2D eigenvalue weighted by atomic mass is 16.5. The number of carbonyl (C=O) groups excluding carboxylic acids is 1. The second-order valence-corrected chi connectivity index (χ2v) is 16.0. The van der Waals surface area contributed by atoms with Crippen LogP contribution in [-0.2, 0) is 19.1 Å². The summed E-state index contributed by atoms with van der Waals surface area (Å²) in [4.78, 5) is 35.6. The van der Waals surface area contributed by atoms with Gasteiger partial charge in [-0.25, -0.2) is 9.59 Å². The van der Waals surface area contributed by atoms with E-state index in [2.05, 4.69) is 47.6 Å². The summed E-state index contributed by atoms with van der Waals surface area (Å²) in [6, 6.07) is 0. The standard InChI is InChI=1S/C34H50O6/c1-29(2)23-12-15-34(7)24(32(23,5)14-13-25(29)40-27(37)11-10-26(35)36)9-8-21-22-20-31(4,28(38)39)17-16-30(22,3)18-19-33(21,34)6/h8,10-11,22-25H,9,12-20H2,1-7H3,(H,35,36)(H,38,39)/b11-10-/t22-,23-,24+,25-,30+,31-,32-,33+,34+/m0/s1. The van der Waals surface area contributed by atoms with Gasteiger partial charge in [-0.2, -0.15) is 0 Å². The van der Waals surface area contributed by atoms with E-state index < -0.39 is 23.3 Å². The van der Waals surface area contributed by atoms with Crippen molar-refractivity contribution in [3.8, 4) is 0 Å². The van der Waals surface area contributed by atoms with Crippen molar-refractivity contribution < 1.29 is 29.3 Å². The zero-order chi connectivity index (χ0) is 29.5. The summed E-state index contributed by atoms with van der Waals surface area (Å²) >= 11 is 0. The van der Waals surface area contributed by atoms with Gasteiger partial charge < -0.3 is 14.9 Å². The molecule has 0 aromatic carbocycles. The lowest BCUT2D eigenvalue weighted by Crippen LogP contribution is -2.64. The Kier molecular flexibility index (Phi) is 6.75. The number of hydrogen-bond donors (Lipinski definition) is 2. The second-order valence-electron chi connectivity index (χ2n) is 16.0. The van der Waals surface area contributed by atoms with Gasteiger partial charge in [0.25, 0.3) is 0 Å². The highest BCUT2D eigenvalue weighted by molar-refractivity contribution is 5.90. The number of esters is 1. The van der Waals surface area contributed by atoms with Crippen LogP contribution in [0.1, 0.15) is 113 Å². The Balaban J connectivity index is 1.46. The lowest BCUT2D eigenvalue weighted by atomic mass is 9.33. The second kappa shape index (κ2) is 9.19. The molecule has 5 rings (SSSR count). The SMILES string of the molecule is CC1(C)[C@@H](OC(=O)/C=C\C(=O)O)CC[C@]2(C)[C@H]3CC=C4[C@@H]5C[C@@](C)(C(=O)O)CC[C@]5(C)CC[C@@]4(C)[C@]3(C)CC[C@@H]12. The third kappa shape index (κ3) is 4.05. The highest BCUT2D eigenvalue weighted by Crippen LogP contribution is 2.75. The Bertz CT molecular complexity index is 1170. The third-order valence-corrected chi connectivity index (χ3v) is 13.9. The monoisotopic (exact) mass is 554 g/mol. The van der Waals surface area contributed by atoms with Crippen molar-refractivity contribution in [2.24, 2.45) is 50.2 Å². The van der Waals surface area contributed by atoms with Crippen LogP contribution in [0.5, 0.6) is 0 Å². The molecule has 0 radical (unpaired) electrons. The fourth-order valence-electron chi connectivity index (χ4n) is 11.1. The number of rotatable bonds is 4. The summed E-state index contributed by atoms with van der Waals surface area (Å²) in [6.07, 6.45) is 14.0. The Labute approximate surface area is 240 Å². The van der Waals surface area contributed by atoms with Crippen LogP contribution in [-0.4, -0.2) is 34.2 Å². The topological polar surface area (TPSA) is 101 Å². The number of carboxylic acid groups (broad SMARTS) is 2. The minimum Gasteiger partial charge on any atom is -0.481 e. The first-order valence-corrected chi connectivity index (χ1v) is 15.5. The predicted molar refractivity (Wildman–Crippen MR) is 153 cm³/mol. The molecule has 40 heavy (non-hydrogen) atoms. The molecular formula is C34H50O6. The molecule has 0 saturated heterocycles. The van der Waals surface area contributed by atoms with Crippen LogP contribution < -0.4 is 0 Å². The highest BCUT2D eigenvalue weighted by Gasteiger charge is 2.68. The van der Waals surface area contributed by atoms with Gasteiger partial charge in [0.05, 0.1) is 5.41 Å². The van der Waals surface area contributed by atoms with Gasteiger partial charge >= 0.3 is 17.9 Å². The zero-order valence-corrected chi connectivity index (χ0v) is 25.6. The summed E-state index contributed by atoms with van der Waals surface area (Å²) < 4.78 is 5.88. The van der Waals surface area contributed by atoms with Gasteiger partial charge in [0, 0.05) is 17.6 Å². The number of ether oxygens (including phenoxy) is 1. The van der Waals surface area contributed by atoms with Gasteiger partial charge in [0.1, 0.15) is 6.10 Å². The summed E-state index contributed by atoms with van der Waals surface area (Å²) in [6.45, 7) is 16.4. The Morgan fingerprint density at radius 3 is 2.17 bits per heavy atom. The van der Waals surface area contributed by atoms with Crippen molar-refractivity contribution in [2.45, 2.75) is 119 Å². The van der Waals surface area contributed by atoms with E-state index in [9.17, 15) is 19.5 Å². The molecule has 0 unspecified atom stereocenters. The average molecular weight is 555 g/mol. The molecule has 0 heterocycles. The number of hydrogen-bond acceptors (Lipinski definition) is 4. The van der Waals surface area contributed by atoms with Crippen LogP contribution in [0.15, 0.2) is 23.8 Å². The number of carboxylic acids is 2. The van der Waals surface area contributed by atoms with Crippen LogP contribution in [0.2, 0.25) is 0 Å². The molecule has 0 aliphatic heterocycles. The summed E-state index contributed by atoms with van der Waals surface area (Å²) in [5.41, 5.74) is 1.16. The molecule has 4 saturated carbocycles. The Morgan fingerprint density at radius 2 is 1.52 bits per heavy atom. The van der Waals surface area contributed by atoms with Gasteiger partial charge in [-0.05, 0) is 111 Å². The maximum Gasteiger partial charge on any atom is 0.331 e. The molecule has 0 amide bonds. The van der Waals surface area contributed by atoms with E-state index in [1.807, 2.05) is 6.92 Å². The van der Waals surface area contributed by atoms with Gasteiger partial charge in [0.15, 0.2) is 0 Å². The first kappa shape index (κ1) is 29.4. The molecule has 0 aromatic rings. The molecule has 6 nitrogen and oxygen atoms in total. The molecule has 5 aliphatic rings. The van der Waals surface area contributed by atoms with Crippen molar-refractivity contribution in [3.05, 3.63) is 23.8 Å². The zero-order valence-electron chi connectivity index (χ0n) is 25.6. The number of carbonyl (C=O) groups is 3. The van der Waals surface area contributed by atoms with E-state index in [0.717, 1.165) is 69.9 Å². The first-order chi connectivity index (χ1) is 18.4. The normalized spacial score (nSPS) is 47.6. The maximum atomic E-state index is 12.4. The van der Waals surface area contributed by atoms with Crippen molar-refractivity contribution in [1.29, 1.82) is 0 Å². The fraction of sp³-hybridized carbons (Fsp3) is 0.794. The number of fused-ring (bicyclic) bond motifs is 7.